The van der Waals surface area contributed by atoms with Crippen LogP contribution in [0.1, 0.15) is 11.1 Å². The number of hydrogen-bond donors (Lipinski definition) is 0. The van der Waals surface area contributed by atoms with Gasteiger partial charge in [0.2, 0.25) is 0 Å². The second-order valence-corrected chi connectivity index (χ2v) is 5.60. The van der Waals surface area contributed by atoms with E-state index >= 15 is 0 Å². The Morgan fingerprint density at radius 2 is 1.87 bits per heavy atom. The third kappa shape index (κ3) is 3.38. The van der Waals surface area contributed by atoms with E-state index in [2.05, 4.69) is 11.2 Å². The highest BCUT2D eigenvalue weighted by Crippen LogP contribution is 2.31. The van der Waals surface area contributed by atoms with Crippen LogP contribution in [0.25, 0.3) is 11.3 Å². The molecule has 0 aliphatic heterocycles. The zero-order chi connectivity index (χ0) is 16.1. The normalized spacial score (nSPS) is 10.3. The molecule has 2 aromatic carbocycles. The first-order chi connectivity index (χ1) is 11.3. The van der Waals surface area contributed by atoms with E-state index in [-0.39, 0.29) is 0 Å². The van der Waals surface area contributed by atoms with Gasteiger partial charge in [-0.1, -0.05) is 35.5 Å². The lowest BCUT2D eigenvalue weighted by molar-refractivity contribution is 0.306. The van der Waals surface area contributed by atoms with E-state index in [4.69, 9.17) is 9.26 Å². The van der Waals surface area contributed by atoms with E-state index in [0.717, 1.165) is 16.9 Å². The standard InChI is InChI=1S/C18H14N2O2S/c1-23-18-16(11-19)17(22-20-18)14-7-9-15(10-8-14)21-12-13-5-3-2-4-6-13/h2-10H,12H2,1H3. The number of ether oxygens (including phenoxy) is 1. The fourth-order valence-electron chi connectivity index (χ4n) is 2.15. The Kier molecular flexibility index (Phi) is 4.65. The summed E-state index contributed by atoms with van der Waals surface area (Å²) in [4.78, 5) is 0. The van der Waals surface area contributed by atoms with Crippen LogP contribution in [-0.2, 0) is 6.61 Å². The number of rotatable bonds is 5. The van der Waals surface area contributed by atoms with Crippen LogP contribution in [0.4, 0.5) is 0 Å². The molecule has 1 aromatic heterocycles. The molecule has 0 N–H and O–H groups in total. The van der Waals surface area contributed by atoms with Crippen molar-refractivity contribution in [3.63, 3.8) is 0 Å². The van der Waals surface area contributed by atoms with E-state index in [1.165, 1.54) is 11.8 Å². The van der Waals surface area contributed by atoms with E-state index in [0.29, 0.717) is 23.0 Å². The summed E-state index contributed by atoms with van der Waals surface area (Å²) in [6.45, 7) is 0.516. The number of nitriles is 1. The monoisotopic (exact) mass is 322 g/mol. The molecule has 0 aliphatic rings. The quantitative estimate of drug-likeness (QED) is 0.647. The Morgan fingerprint density at radius 3 is 2.52 bits per heavy atom. The SMILES string of the molecule is CSc1noc(-c2ccc(OCc3ccccc3)cc2)c1C#N. The van der Waals surface area contributed by atoms with E-state index < -0.39 is 0 Å². The van der Waals surface area contributed by atoms with Crippen LogP contribution in [0.5, 0.6) is 5.75 Å². The lowest BCUT2D eigenvalue weighted by Gasteiger charge is -2.06. The summed E-state index contributed by atoms with van der Waals surface area (Å²) in [5, 5.41) is 13.8. The summed E-state index contributed by atoms with van der Waals surface area (Å²) in [6, 6.07) is 19.6. The molecule has 0 radical (unpaired) electrons. The van der Waals surface area contributed by atoms with Crippen molar-refractivity contribution in [3.8, 4) is 23.1 Å². The molecule has 0 aliphatic carbocycles. The van der Waals surface area contributed by atoms with Crippen molar-refractivity contribution in [2.45, 2.75) is 11.6 Å². The molecule has 5 heteroatoms. The molecule has 23 heavy (non-hydrogen) atoms. The minimum Gasteiger partial charge on any atom is -0.489 e. The average Bonchev–Trinajstić information content (AvgIpc) is 3.04. The smallest absolute Gasteiger partial charge is 0.185 e. The van der Waals surface area contributed by atoms with E-state index in [1.807, 2.05) is 60.9 Å². The molecule has 0 bridgehead atoms. The van der Waals surface area contributed by atoms with Gasteiger partial charge in [0.15, 0.2) is 10.8 Å². The van der Waals surface area contributed by atoms with Crippen LogP contribution >= 0.6 is 11.8 Å². The van der Waals surface area contributed by atoms with Crippen LogP contribution in [-0.4, -0.2) is 11.4 Å². The predicted molar refractivity (Wildman–Crippen MR) is 89.2 cm³/mol. The molecule has 3 rings (SSSR count). The largest absolute Gasteiger partial charge is 0.489 e. The molecule has 114 valence electrons. The molecule has 0 saturated carbocycles. The number of nitrogens with zero attached hydrogens (tertiary/aromatic N) is 2. The summed E-state index contributed by atoms with van der Waals surface area (Å²) in [5.41, 5.74) is 2.39. The Bertz CT molecular complexity index is 820. The summed E-state index contributed by atoms with van der Waals surface area (Å²) in [6.07, 6.45) is 1.86. The molecule has 0 fully saturated rings. The Labute approximate surface area is 138 Å². The first-order valence-electron chi connectivity index (χ1n) is 7.02. The fourth-order valence-corrected chi connectivity index (χ4v) is 2.61. The third-order valence-corrected chi connectivity index (χ3v) is 4.00. The molecule has 0 saturated heterocycles. The maximum Gasteiger partial charge on any atom is 0.185 e. The highest BCUT2D eigenvalue weighted by molar-refractivity contribution is 7.98. The van der Waals surface area contributed by atoms with Crippen molar-refractivity contribution in [1.29, 1.82) is 5.26 Å². The van der Waals surface area contributed by atoms with Crippen LogP contribution in [0, 0.1) is 11.3 Å². The number of thioether (sulfide) groups is 1. The van der Waals surface area contributed by atoms with Crippen LogP contribution in [0.15, 0.2) is 64.1 Å². The van der Waals surface area contributed by atoms with Crippen molar-refractivity contribution in [3.05, 3.63) is 65.7 Å². The zero-order valence-corrected chi connectivity index (χ0v) is 13.3. The molecule has 0 amide bonds. The fraction of sp³-hybridized carbons (Fsp3) is 0.111. The summed E-state index contributed by atoms with van der Waals surface area (Å²) < 4.78 is 11.0. The van der Waals surface area contributed by atoms with E-state index in [9.17, 15) is 5.26 Å². The summed E-state index contributed by atoms with van der Waals surface area (Å²) >= 11 is 1.39. The van der Waals surface area contributed by atoms with Gasteiger partial charge in [-0.3, -0.25) is 0 Å². The van der Waals surface area contributed by atoms with Crippen molar-refractivity contribution < 1.29 is 9.26 Å². The Balaban J connectivity index is 1.75. The van der Waals surface area contributed by atoms with Crippen LogP contribution in [0.3, 0.4) is 0 Å². The predicted octanol–water partition coefficient (Wildman–Crippen LogP) is 4.51. The molecule has 1 heterocycles. The van der Waals surface area contributed by atoms with E-state index in [1.54, 1.807) is 0 Å². The topological polar surface area (TPSA) is 59.1 Å². The molecular formula is C18H14N2O2S. The van der Waals surface area contributed by atoms with Crippen molar-refractivity contribution in [2.24, 2.45) is 0 Å². The minimum atomic E-state index is 0.468. The van der Waals surface area contributed by atoms with Gasteiger partial charge < -0.3 is 9.26 Å². The summed E-state index contributed by atoms with van der Waals surface area (Å²) in [5.74, 6) is 1.26. The van der Waals surface area contributed by atoms with Gasteiger partial charge in [0, 0.05) is 5.56 Å². The maximum absolute atomic E-state index is 9.26. The minimum absolute atomic E-state index is 0.468. The van der Waals surface area contributed by atoms with Gasteiger partial charge >= 0.3 is 0 Å². The second-order valence-electron chi connectivity index (χ2n) is 4.81. The molecule has 0 spiro atoms. The van der Waals surface area contributed by atoms with Gasteiger partial charge in [0.05, 0.1) is 0 Å². The van der Waals surface area contributed by atoms with Gasteiger partial charge in [0.1, 0.15) is 24.0 Å². The van der Waals surface area contributed by atoms with Gasteiger partial charge in [-0.15, -0.1) is 11.8 Å². The second kappa shape index (κ2) is 7.03. The average molecular weight is 322 g/mol. The van der Waals surface area contributed by atoms with Gasteiger partial charge in [-0.05, 0) is 36.1 Å². The van der Waals surface area contributed by atoms with Gasteiger partial charge in [-0.2, -0.15) is 5.26 Å². The Hall–Kier alpha value is -2.71. The van der Waals surface area contributed by atoms with Gasteiger partial charge in [-0.25, -0.2) is 0 Å². The zero-order valence-electron chi connectivity index (χ0n) is 12.5. The lowest BCUT2D eigenvalue weighted by atomic mass is 10.1. The van der Waals surface area contributed by atoms with Crippen LogP contribution in [0.2, 0.25) is 0 Å². The molecule has 4 nitrogen and oxygen atoms in total. The molecule has 0 atom stereocenters. The Morgan fingerprint density at radius 1 is 1.13 bits per heavy atom. The summed E-state index contributed by atoms with van der Waals surface area (Å²) in [7, 11) is 0. The third-order valence-electron chi connectivity index (χ3n) is 3.33. The van der Waals surface area contributed by atoms with Crippen molar-refractivity contribution >= 4 is 11.8 Å². The molecular weight excluding hydrogens is 308 g/mol. The first-order valence-corrected chi connectivity index (χ1v) is 8.25. The number of aromatic nitrogens is 1. The first kappa shape index (κ1) is 15.2. The number of benzene rings is 2. The lowest BCUT2D eigenvalue weighted by Crippen LogP contribution is -1.94. The molecule has 0 unspecified atom stereocenters. The highest BCUT2D eigenvalue weighted by atomic mass is 32.2. The van der Waals surface area contributed by atoms with Crippen molar-refractivity contribution in [2.75, 3.05) is 6.26 Å². The molecule has 3 aromatic rings. The maximum atomic E-state index is 9.26. The highest BCUT2D eigenvalue weighted by Gasteiger charge is 2.16. The van der Waals surface area contributed by atoms with Crippen LogP contribution < -0.4 is 4.74 Å². The van der Waals surface area contributed by atoms with Gasteiger partial charge in [0.25, 0.3) is 0 Å². The van der Waals surface area contributed by atoms with Crippen molar-refractivity contribution in [1.82, 2.24) is 5.16 Å². The number of hydrogen-bond acceptors (Lipinski definition) is 5.